The summed E-state index contributed by atoms with van der Waals surface area (Å²) in [6.07, 6.45) is 1.66. The van der Waals surface area contributed by atoms with Gasteiger partial charge in [0.2, 0.25) is 5.76 Å². The maximum atomic E-state index is 13.6. The topological polar surface area (TPSA) is 69.0 Å². The van der Waals surface area contributed by atoms with E-state index in [1.54, 1.807) is 23.1 Å². The molecule has 0 saturated heterocycles. The molecule has 0 saturated carbocycles. The lowest BCUT2D eigenvalue weighted by Gasteiger charge is -2.25. The van der Waals surface area contributed by atoms with Crippen molar-refractivity contribution in [1.82, 2.24) is 4.90 Å². The zero-order chi connectivity index (χ0) is 23.5. The third kappa shape index (κ3) is 4.84. The Morgan fingerprint density at radius 2 is 1.94 bits per heavy atom. The van der Waals surface area contributed by atoms with Crippen molar-refractivity contribution in [3.05, 3.63) is 74.0 Å². The number of hydrogen-bond acceptors (Lipinski definition) is 5. The number of nitrogens with zero attached hydrogens (tertiary/aromatic N) is 1. The summed E-state index contributed by atoms with van der Waals surface area (Å²) < 4.78 is 18.3. The average Bonchev–Trinajstić information content (AvgIpc) is 3.08. The van der Waals surface area contributed by atoms with E-state index in [4.69, 9.17) is 13.9 Å². The lowest BCUT2D eigenvalue weighted by Crippen LogP contribution is -2.31. The van der Waals surface area contributed by atoms with Gasteiger partial charge in [-0.3, -0.25) is 9.59 Å². The molecule has 4 rings (SSSR count). The molecule has 1 aliphatic rings. The zero-order valence-corrected chi connectivity index (χ0v) is 20.7. The van der Waals surface area contributed by atoms with Gasteiger partial charge < -0.3 is 18.8 Å². The number of halogens is 1. The molecule has 0 N–H and O–H groups in total. The number of ether oxygens (including phenoxy) is 2. The van der Waals surface area contributed by atoms with Crippen LogP contribution in [-0.2, 0) is 4.74 Å². The van der Waals surface area contributed by atoms with Gasteiger partial charge in [0.05, 0.1) is 29.7 Å². The fourth-order valence-corrected chi connectivity index (χ4v) is 4.48. The Morgan fingerprint density at radius 3 is 2.70 bits per heavy atom. The van der Waals surface area contributed by atoms with Crippen LogP contribution in [0.1, 0.15) is 61.3 Å². The Balaban J connectivity index is 1.80. The standard InChI is InChI=1S/C26H28BrNO5/c1-4-12-32-19-8-5-7-17(14-19)23-22-24(29)20-15-18(27)9-10-21(20)33-25(22)26(30)28(23)11-6-13-31-16(2)3/h5,7-10,14-16,23H,4,6,11-13H2,1-3H3. The molecule has 2 aromatic carbocycles. The second-order valence-corrected chi connectivity index (χ2v) is 9.33. The van der Waals surface area contributed by atoms with Crippen LogP contribution in [0.2, 0.25) is 0 Å². The van der Waals surface area contributed by atoms with Gasteiger partial charge in [0.15, 0.2) is 5.43 Å². The maximum Gasteiger partial charge on any atom is 0.290 e. The van der Waals surface area contributed by atoms with Gasteiger partial charge in [0.1, 0.15) is 11.3 Å². The molecule has 174 valence electrons. The fraction of sp³-hybridized carbons (Fsp3) is 0.385. The Morgan fingerprint density at radius 1 is 1.12 bits per heavy atom. The molecule has 1 atom stereocenters. The third-order valence-corrected chi connectivity index (χ3v) is 6.06. The van der Waals surface area contributed by atoms with E-state index in [1.807, 2.05) is 45.0 Å². The van der Waals surface area contributed by atoms with Gasteiger partial charge in [-0.15, -0.1) is 0 Å². The number of amides is 1. The molecule has 6 nitrogen and oxygen atoms in total. The Kier molecular flexibility index (Phi) is 7.20. The van der Waals surface area contributed by atoms with E-state index in [-0.39, 0.29) is 23.2 Å². The number of benzene rings is 2. The van der Waals surface area contributed by atoms with Gasteiger partial charge in [-0.1, -0.05) is 35.0 Å². The molecule has 3 aromatic rings. The summed E-state index contributed by atoms with van der Waals surface area (Å²) in [4.78, 5) is 28.8. The molecule has 1 amide bonds. The van der Waals surface area contributed by atoms with Crippen LogP contribution in [0.3, 0.4) is 0 Å². The van der Waals surface area contributed by atoms with Crippen molar-refractivity contribution in [2.75, 3.05) is 19.8 Å². The number of carbonyl (C=O) groups is 1. The number of fused-ring (bicyclic) bond motifs is 2. The normalized spacial score (nSPS) is 15.5. The number of hydrogen-bond donors (Lipinski definition) is 0. The van der Waals surface area contributed by atoms with Crippen LogP contribution in [0.25, 0.3) is 11.0 Å². The summed E-state index contributed by atoms with van der Waals surface area (Å²) in [5.74, 6) is 0.553. The van der Waals surface area contributed by atoms with E-state index in [0.29, 0.717) is 48.5 Å². The van der Waals surface area contributed by atoms with Crippen molar-refractivity contribution < 1.29 is 18.7 Å². The second-order valence-electron chi connectivity index (χ2n) is 8.41. The predicted molar refractivity (Wildman–Crippen MR) is 131 cm³/mol. The van der Waals surface area contributed by atoms with Crippen molar-refractivity contribution in [2.45, 2.75) is 45.8 Å². The highest BCUT2D eigenvalue weighted by molar-refractivity contribution is 9.10. The Hall–Kier alpha value is -2.64. The lowest BCUT2D eigenvalue weighted by atomic mass is 9.98. The minimum absolute atomic E-state index is 0.115. The monoisotopic (exact) mass is 513 g/mol. The molecule has 2 heterocycles. The van der Waals surface area contributed by atoms with Gasteiger partial charge in [0.25, 0.3) is 5.91 Å². The number of rotatable bonds is 9. The summed E-state index contributed by atoms with van der Waals surface area (Å²) in [6, 6.07) is 12.3. The summed E-state index contributed by atoms with van der Waals surface area (Å²) >= 11 is 3.43. The minimum atomic E-state index is -0.545. The van der Waals surface area contributed by atoms with Gasteiger partial charge >= 0.3 is 0 Å². The summed E-state index contributed by atoms with van der Waals surface area (Å²) in [7, 11) is 0. The first-order chi connectivity index (χ1) is 15.9. The molecule has 1 aliphatic heterocycles. The van der Waals surface area contributed by atoms with Crippen LogP contribution in [0.4, 0.5) is 0 Å². The minimum Gasteiger partial charge on any atom is -0.494 e. The first kappa shape index (κ1) is 23.5. The van der Waals surface area contributed by atoms with Crippen LogP contribution < -0.4 is 10.2 Å². The van der Waals surface area contributed by atoms with Crippen LogP contribution in [0, 0.1) is 0 Å². The van der Waals surface area contributed by atoms with E-state index in [0.717, 1.165) is 16.5 Å². The maximum absolute atomic E-state index is 13.6. The van der Waals surface area contributed by atoms with E-state index in [1.165, 1.54) is 0 Å². The highest BCUT2D eigenvalue weighted by Gasteiger charge is 2.42. The third-order valence-electron chi connectivity index (χ3n) is 5.57. The molecule has 0 spiro atoms. The lowest BCUT2D eigenvalue weighted by molar-refractivity contribution is 0.0593. The largest absolute Gasteiger partial charge is 0.494 e. The molecule has 0 fully saturated rings. The van der Waals surface area contributed by atoms with Gasteiger partial charge in [0, 0.05) is 17.6 Å². The highest BCUT2D eigenvalue weighted by atomic mass is 79.9. The Labute approximate surface area is 201 Å². The van der Waals surface area contributed by atoms with Gasteiger partial charge in [-0.05, 0) is 62.6 Å². The van der Waals surface area contributed by atoms with Gasteiger partial charge in [-0.25, -0.2) is 0 Å². The van der Waals surface area contributed by atoms with Crippen LogP contribution in [-0.4, -0.2) is 36.7 Å². The van der Waals surface area contributed by atoms with E-state index in [2.05, 4.69) is 15.9 Å². The molecular weight excluding hydrogens is 486 g/mol. The van der Waals surface area contributed by atoms with Crippen molar-refractivity contribution in [3.63, 3.8) is 0 Å². The molecule has 1 unspecified atom stereocenters. The molecule has 7 heteroatoms. The SMILES string of the molecule is CCCOc1cccc(C2c3c(oc4ccc(Br)cc4c3=O)C(=O)N2CCCOC(C)C)c1. The van der Waals surface area contributed by atoms with Crippen molar-refractivity contribution in [3.8, 4) is 5.75 Å². The fourth-order valence-electron chi connectivity index (χ4n) is 4.12. The molecular formula is C26H28BrNO5. The zero-order valence-electron chi connectivity index (χ0n) is 19.1. The first-order valence-corrected chi connectivity index (χ1v) is 12.1. The van der Waals surface area contributed by atoms with Crippen LogP contribution in [0.15, 0.2) is 56.1 Å². The quantitative estimate of drug-likeness (QED) is 0.343. The first-order valence-electron chi connectivity index (χ1n) is 11.3. The van der Waals surface area contributed by atoms with Crippen LogP contribution in [0.5, 0.6) is 5.75 Å². The van der Waals surface area contributed by atoms with E-state index in [9.17, 15) is 9.59 Å². The average molecular weight is 514 g/mol. The second kappa shape index (κ2) is 10.1. The van der Waals surface area contributed by atoms with Crippen LogP contribution >= 0.6 is 15.9 Å². The van der Waals surface area contributed by atoms with Crippen molar-refractivity contribution in [2.24, 2.45) is 0 Å². The Bertz CT molecular complexity index is 1220. The highest BCUT2D eigenvalue weighted by Crippen LogP contribution is 2.39. The smallest absolute Gasteiger partial charge is 0.290 e. The molecule has 1 aromatic heterocycles. The van der Waals surface area contributed by atoms with Crippen molar-refractivity contribution >= 4 is 32.8 Å². The molecule has 0 aliphatic carbocycles. The van der Waals surface area contributed by atoms with Crippen molar-refractivity contribution in [1.29, 1.82) is 0 Å². The van der Waals surface area contributed by atoms with Gasteiger partial charge in [-0.2, -0.15) is 0 Å². The molecule has 33 heavy (non-hydrogen) atoms. The molecule has 0 bridgehead atoms. The molecule has 0 radical (unpaired) electrons. The number of carbonyl (C=O) groups excluding carboxylic acids is 1. The summed E-state index contributed by atoms with van der Waals surface area (Å²) in [6.45, 7) is 7.58. The summed E-state index contributed by atoms with van der Waals surface area (Å²) in [5.41, 5.74) is 1.41. The van der Waals surface area contributed by atoms with E-state index < -0.39 is 6.04 Å². The van der Waals surface area contributed by atoms with E-state index >= 15 is 0 Å². The summed E-state index contributed by atoms with van der Waals surface area (Å²) in [5, 5.41) is 0.448. The predicted octanol–water partition coefficient (Wildman–Crippen LogP) is 5.70.